The molecule has 2 N–H and O–H groups in total. The molecule has 2 aromatic heterocycles. The van der Waals surface area contributed by atoms with Gasteiger partial charge in [-0.2, -0.15) is 0 Å². The Hall–Kier alpha value is -3.21. The molecule has 11 heteroatoms. The minimum absolute atomic E-state index is 0.262. The van der Waals surface area contributed by atoms with Gasteiger partial charge in [0.2, 0.25) is 5.78 Å². The zero-order valence-corrected chi connectivity index (χ0v) is 16.7. The molecule has 10 nitrogen and oxygen atoms in total. The molecule has 0 bridgehead atoms. The summed E-state index contributed by atoms with van der Waals surface area (Å²) in [5, 5.41) is 1.77. The summed E-state index contributed by atoms with van der Waals surface area (Å²) in [7, 11) is 2.55. The molecule has 29 heavy (non-hydrogen) atoms. The lowest BCUT2D eigenvalue weighted by Crippen LogP contribution is -2.43. The number of Topliss-reactive ketones (excluding diaryl/α,β-unsaturated/α-hetero) is 1. The quantitative estimate of drug-likeness (QED) is 0.521. The fourth-order valence-corrected chi connectivity index (χ4v) is 3.90. The average Bonchev–Trinajstić information content (AvgIpc) is 3.40. The van der Waals surface area contributed by atoms with Gasteiger partial charge in [0.05, 0.1) is 4.88 Å². The summed E-state index contributed by atoms with van der Waals surface area (Å²) in [6.07, 6.45) is 1.06. The number of esters is 1. The molecular weight excluding hydrogens is 400 g/mol. The van der Waals surface area contributed by atoms with Gasteiger partial charge < -0.3 is 15.4 Å². The smallest absolute Gasteiger partial charge is 0.332 e. The van der Waals surface area contributed by atoms with Gasteiger partial charge in [0.15, 0.2) is 6.61 Å². The molecule has 1 aliphatic heterocycles. The average molecular weight is 420 g/mol. The van der Waals surface area contributed by atoms with Gasteiger partial charge in [-0.05, 0) is 24.3 Å². The second-order valence-electron chi connectivity index (χ2n) is 6.63. The van der Waals surface area contributed by atoms with Crippen molar-refractivity contribution in [2.75, 3.05) is 18.9 Å². The molecular formula is C18H20N4O6S. The first kappa shape index (κ1) is 20.5. The molecule has 1 amide bonds. The number of nitrogens with zero attached hydrogens (tertiary/aromatic N) is 3. The number of thiophene rings is 1. The first-order valence-electron chi connectivity index (χ1n) is 8.83. The molecule has 0 spiro atoms. The van der Waals surface area contributed by atoms with Gasteiger partial charge in [-0.15, -0.1) is 11.3 Å². The van der Waals surface area contributed by atoms with Crippen LogP contribution in [0.5, 0.6) is 0 Å². The van der Waals surface area contributed by atoms with Gasteiger partial charge >= 0.3 is 11.7 Å². The maximum absolute atomic E-state index is 12.5. The van der Waals surface area contributed by atoms with E-state index in [1.54, 1.807) is 17.5 Å². The van der Waals surface area contributed by atoms with Crippen molar-refractivity contribution in [1.29, 1.82) is 0 Å². The Morgan fingerprint density at radius 2 is 1.97 bits per heavy atom. The van der Waals surface area contributed by atoms with Gasteiger partial charge in [-0.1, -0.05) is 6.07 Å². The van der Waals surface area contributed by atoms with E-state index in [1.807, 2.05) is 0 Å². The second-order valence-corrected chi connectivity index (χ2v) is 7.58. The standard InChI is InChI=1S/C18H20N4O6S/c1-20-14(19)13(16(25)21(2)18(20)27)11(23)9-28-17(26)10-5-3-7-22(10)15(24)12-6-4-8-29-12/h4,6,8,10H,3,5,7,9,19H2,1-2H3/t10-/m0/s1. The molecule has 0 radical (unpaired) electrons. The van der Waals surface area contributed by atoms with Crippen molar-refractivity contribution in [1.82, 2.24) is 14.0 Å². The van der Waals surface area contributed by atoms with E-state index in [4.69, 9.17) is 10.5 Å². The molecule has 2 aromatic rings. The lowest BCUT2D eigenvalue weighted by atomic mass is 10.2. The number of likely N-dealkylation sites (tertiary alicyclic amines) is 1. The number of carbonyl (C=O) groups is 3. The predicted molar refractivity (Wildman–Crippen MR) is 105 cm³/mol. The predicted octanol–water partition coefficient (Wildman–Crippen LogP) is -0.242. The molecule has 3 rings (SSSR count). The third kappa shape index (κ3) is 3.73. The second kappa shape index (κ2) is 8.03. The lowest BCUT2D eigenvalue weighted by molar-refractivity contribution is -0.147. The van der Waals surface area contributed by atoms with E-state index in [1.165, 1.54) is 30.3 Å². The van der Waals surface area contributed by atoms with Crippen molar-refractivity contribution < 1.29 is 19.1 Å². The van der Waals surface area contributed by atoms with Crippen LogP contribution in [0, 0.1) is 0 Å². The van der Waals surface area contributed by atoms with E-state index < -0.39 is 41.2 Å². The van der Waals surface area contributed by atoms with Crippen LogP contribution in [-0.4, -0.2) is 50.9 Å². The van der Waals surface area contributed by atoms with Crippen LogP contribution in [0.2, 0.25) is 0 Å². The van der Waals surface area contributed by atoms with Gasteiger partial charge in [0.1, 0.15) is 17.4 Å². The Morgan fingerprint density at radius 1 is 1.24 bits per heavy atom. The van der Waals surface area contributed by atoms with Crippen molar-refractivity contribution in [3.05, 3.63) is 48.8 Å². The monoisotopic (exact) mass is 420 g/mol. The summed E-state index contributed by atoms with van der Waals surface area (Å²) in [5.41, 5.74) is 3.79. The number of ketones is 1. The van der Waals surface area contributed by atoms with Gasteiger partial charge in [-0.25, -0.2) is 9.59 Å². The van der Waals surface area contributed by atoms with Gasteiger partial charge in [0, 0.05) is 20.6 Å². The zero-order valence-electron chi connectivity index (χ0n) is 15.9. The number of hydrogen-bond donors (Lipinski definition) is 1. The maximum atomic E-state index is 12.5. The third-order valence-electron chi connectivity index (χ3n) is 4.85. The van der Waals surface area contributed by atoms with Crippen LogP contribution < -0.4 is 17.0 Å². The van der Waals surface area contributed by atoms with E-state index in [-0.39, 0.29) is 11.7 Å². The van der Waals surface area contributed by atoms with E-state index in [9.17, 15) is 24.0 Å². The van der Waals surface area contributed by atoms with Gasteiger partial charge in [0.25, 0.3) is 11.5 Å². The summed E-state index contributed by atoms with van der Waals surface area (Å²) < 4.78 is 6.81. The molecule has 0 aliphatic carbocycles. The maximum Gasteiger partial charge on any atom is 0.332 e. The highest BCUT2D eigenvalue weighted by Gasteiger charge is 2.36. The van der Waals surface area contributed by atoms with Crippen LogP contribution >= 0.6 is 11.3 Å². The number of aromatic nitrogens is 2. The van der Waals surface area contributed by atoms with E-state index >= 15 is 0 Å². The molecule has 0 aromatic carbocycles. The molecule has 0 unspecified atom stereocenters. The normalized spacial score (nSPS) is 16.1. The Balaban J connectivity index is 1.73. The summed E-state index contributed by atoms with van der Waals surface area (Å²) >= 11 is 1.28. The Kier molecular flexibility index (Phi) is 5.69. The van der Waals surface area contributed by atoms with Crippen LogP contribution in [0.1, 0.15) is 32.9 Å². The SMILES string of the molecule is Cn1c(N)c(C(=O)COC(=O)[C@@H]2CCCN2C(=O)c2cccs2)c(=O)n(C)c1=O. The topological polar surface area (TPSA) is 134 Å². The minimum Gasteiger partial charge on any atom is -0.456 e. The molecule has 1 fully saturated rings. The number of rotatable bonds is 5. The number of amides is 1. The number of ether oxygens (including phenoxy) is 1. The van der Waals surface area contributed by atoms with Crippen LogP contribution in [0.4, 0.5) is 5.82 Å². The molecule has 3 heterocycles. The number of hydrogen-bond acceptors (Lipinski definition) is 8. The fourth-order valence-electron chi connectivity index (χ4n) is 3.22. The first-order chi connectivity index (χ1) is 13.7. The van der Waals surface area contributed by atoms with Crippen LogP contribution in [0.3, 0.4) is 0 Å². The fraction of sp³-hybridized carbons (Fsp3) is 0.389. The molecule has 154 valence electrons. The Labute approximate surface area is 169 Å². The van der Waals surface area contributed by atoms with Crippen LogP contribution in [0.15, 0.2) is 27.1 Å². The Morgan fingerprint density at radius 3 is 2.62 bits per heavy atom. The van der Waals surface area contributed by atoms with Crippen molar-refractivity contribution in [2.24, 2.45) is 14.1 Å². The number of nitrogens with two attached hydrogens (primary N) is 1. The van der Waals surface area contributed by atoms with Crippen molar-refractivity contribution in [2.45, 2.75) is 18.9 Å². The highest BCUT2D eigenvalue weighted by molar-refractivity contribution is 7.12. The molecule has 1 saturated heterocycles. The summed E-state index contributed by atoms with van der Waals surface area (Å²) in [6.45, 7) is -0.299. The van der Waals surface area contributed by atoms with E-state index in [2.05, 4.69) is 0 Å². The van der Waals surface area contributed by atoms with Crippen LogP contribution in [-0.2, 0) is 23.6 Å². The van der Waals surface area contributed by atoms with E-state index in [0.717, 1.165) is 9.13 Å². The highest BCUT2D eigenvalue weighted by atomic mass is 32.1. The molecule has 1 aliphatic rings. The third-order valence-corrected chi connectivity index (χ3v) is 5.71. The summed E-state index contributed by atoms with van der Waals surface area (Å²) in [6, 6.07) is 2.63. The van der Waals surface area contributed by atoms with E-state index in [0.29, 0.717) is 24.3 Å². The molecule has 1 atom stereocenters. The van der Waals surface area contributed by atoms with Crippen molar-refractivity contribution >= 4 is 34.8 Å². The summed E-state index contributed by atoms with van der Waals surface area (Å²) in [4.78, 5) is 63.5. The lowest BCUT2D eigenvalue weighted by Gasteiger charge is -2.22. The van der Waals surface area contributed by atoms with Gasteiger partial charge in [-0.3, -0.25) is 23.5 Å². The highest BCUT2D eigenvalue weighted by Crippen LogP contribution is 2.23. The zero-order chi connectivity index (χ0) is 21.3. The number of anilines is 1. The van der Waals surface area contributed by atoms with Crippen molar-refractivity contribution in [3.63, 3.8) is 0 Å². The first-order valence-corrected chi connectivity index (χ1v) is 9.71. The summed E-state index contributed by atoms with van der Waals surface area (Å²) in [5.74, 6) is -2.10. The number of carbonyl (C=O) groups excluding carboxylic acids is 3. The minimum atomic E-state index is -0.859. The van der Waals surface area contributed by atoms with Crippen LogP contribution in [0.25, 0.3) is 0 Å². The number of nitrogen functional groups attached to an aromatic ring is 1. The van der Waals surface area contributed by atoms with Crippen molar-refractivity contribution in [3.8, 4) is 0 Å². The Bertz CT molecular complexity index is 1090. The molecule has 0 saturated carbocycles. The largest absolute Gasteiger partial charge is 0.456 e.